The Balaban J connectivity index is 2.31. The Morgan fingerprint density at radius 3 is 2.35 bits per heavy atom. The van der Waals surface area contributed by atoms with E-state index in [-0.39, 0.29) is 17.9 Å². The Kier molecular flexibility index (Phi) is 5.82. The van der Waals surface area contributed by atoms with E-state index in [9.17, 15) is 9.59 Å². The average Bonchev–Trinajstić information content (AvgIpc) is 2.33. The van der Waals surface area contributed by atoms with Gasteiger partial charge in [0.2, 0.25) is 5.91 Å². The van der Waals surface area contributed by atoms with Crippen molar-refractivity contribution in [2.24, 2.45) is 5.41 Å². The minimum Gasteiger partial charge on any atom is -0.482 e. The molecule has 6 heteroatoms. The number of hydrogen-bond acceptors (Lipinski definition) is 3. The number of nitrogens with one attached hydrogen (secondary N) is 2. The second-order valence-electron chi connectivity index (χ2n) is 5.55. The van der Waals surface area contributed by atoms with Crippen molar-refractivity contribution in [2.45, 2.75) is 27.2 Å². The van der Waals surface area contributed by atoms with Crippen molar-refractivity contribution in [3.05, 3.63) is 29.3 Å². The second kappa shape index (κ2) is 7.14. The minimum absolute atomic E-state index is 0.136. The number of halogens is 1. The topological polar surface area (TPSA) is 67.4 Å². The van der Waals surface area contributed by atoms with Crippen LogP contribution in [0.25, 0.3) is 0 Å². The lowest BCUT2D eigenvalue weighted by molar-refractivity contribution is -0.130. The number of carbonyl (C=O) groups is 2. The van der Waals surface area contributed by atoms with Gasteiger partial charge in [-0.25, -0.2) is 0 Å². The van der Waals surface area contributed by atoms with Gasteiger partial charge in [0.1, 0.15) is 5.75 Å². The SMILES string of the molecule is CC(C)(C)CC(=O)NNC(=O)COc1ccccc1Cl. The van der Waals surface area contributed by atoms with Crippen molar-refractivity contribution < 1.29 is 14.3 Å². The van der Waals surface area contributed by atoms with Gasteiger partial charge in [-0.05, 0) is 17.5 Å². The maximum absolute atomic E-state index is 11.5. The molecule has 0 radical (unpaired) electrons. The van der Waals surface area contributed by atoms with Gasteiger partial charge in [-0.3, -0.25) is 20.4 Å². The molecule has 0 unspecified atom stereocenters. The molecule has 0 bridgehead atoms. The molecule has 0 aliphatic carbocycles. The molecule has 0 aromatic heterocycles. The van der Waals surface area contributed by atoms with E-state index in [0.29, 0.717) is 17.2 Å². The first-order valence-corrected chi connectivity index (χ1v) is 6.61. The molecule has 1 aromatic rings. The molecule has 0 fully saturated rings. The predicted octanol–water partition coefficient (Wildman–Crippen LogP) is 2.30. The Bertz CT molecular complexity index is 484. The largest absolute Gasteiger partial charge is 0.482 e. The highest BCUT2D eigenvalue weighted by Crippen LogP contribution is 2.22. The molecule has 0 aliphatic rings. The minimum atomic E-state index is -0.452. The first kappa shape index (κ1) is 16.3. The summed E-state index contributed by atoms with van der Waals surface area (Å²) in [6, 6.07) is 6.85. The first-order chi connectivity index (χ1) is 9.28. The maximum Gasteiger partial charge on any atom is 0.276 e. The maximum atomic E-state index is 11.5. The van der Waals surface area contributed by atoms with Crippen LogP contribution in [0.5, 0.6) is 5.75 Å². The van der Waals surface area contributed by atoms with Crippen molar-refractivity contribution in [3.8, 4) is 5.75 Å². The third kappa shape index (κ3) is 6.43. The van der Waals surface area contributed by atoms with Crippen LogP contribution < -0.4 is 15.6 Å². The fourth-order valence-corrected chi connectivity index (χ4v) is 1.60. The van der Waals surface area contributed by atoms with Crippen molar-refractivity contribution in [2.75, 3.05) is 6.61 Å². The van der Waals surface area contributed by atoms with E-state index in [2.05, 4.69) is 10.9 Å². The van der Waals surface area contributed by atoms with Crippen molar-refractivity contribution >= 4 is 23.4 Å². The number of ether oxygens (including phenoxy) is 1. The number of benzene rings is 1. The normalized spacial score (nSPS) is 10.8. The highest BCUT2D eigenvalue weighted by molar-refractivity contribution is 6.32. The first-order valence-electron chi connectivity index (χ1n) is 6.23. The Morgan fingerprint density at radius 1 is 1.15 bits per heavy atom. The smallest absolute Gasteiger partial charge is 0.276 e. The predicted molar refractivity (Wildman–Crippen MR) is 77.3 cm³/mol. The molecule has 0 heterocycles. The summed E-state index contributed by atoms with van der Waals surface area (Å²) >= 11 is 5.88. The van der Waals surface area contributed by atoms with Crippen molar-refractivity contribution in [1.82, 2.24) is 10.9 Å². The van der Waals surface area contributed by atoms with Crippen LogP contribution in [0.2, 0.25) is 5.02 Å². The zero-order valence-corrected chi connectivity index (χ0v) is 12.6. The van der Waals surface area contributed by atoms with Gasteiger partial charge < -0.3 is 4.74 Å². The monoisotopic (exact) mass is 298 g/mol. The molecule has 110 valence electrons. The van der Waals surface area contributed by atoms with Gasteiger partial charge in [0.15, 0.2) is 6.61 Å². The molecule has 2 amide bonds. The molecule has 0 saturated carbocycles. The van der Waals surface area contributed by atoms with Crippen LogP contribution in [0.1, 0.15) is 27.2 Å². The van der Waals surface area contributed by atoms with E-state index in [1.807, 2.05) is 20.8 Å². The molecular weight excluding hydrogens is 280 g/mol. The molecule has 1 rings (SSSR count). The lowest BCUT2D eigenvalue weighted by Gasteiger charge is -2.17. The van der Waals surface area contributed by atoms with Gasteiger partial charge in [0.05, 0.1) is 5.02 Å². The van der Waals surface area contributed by atoms with E-state index < -0.39 is 5.91 Å². The molecule has 20 heavy (non-hydrogen) atoms. The molecule has 2 N–H and O–H groups in total. The van der Waals surface area contributed by atoms with Crippen molar-refractivity contribution in [3.63, 3.8) is 0 Å². The van der Waals surface area contributed by atoms with Crippen LogP contribution in [0.3, 0.4) is 0 Å². The number of amides is 2. The van der Waals surface area contributed by atoms with Gasteiger partial charge in [-0.1, -0.05) is 44.5 Å². The molecule has 0 atom stereocenters. The zero-order valence-electron chi connectivity index (χ0n) is 11.8. The number of hydrogen-bond donors (Lipinski definition) is 2. The van der Waals surface area contributed by atoms with E-state index in [1.165, 1.54) is 0 Å². The standard InChI is InChI=1S/C14H19ClN2O3/c1-14(2,3)8-12(18)16-17-13(19)9-20-11-7-5-4-6-10(11)15/h4-7H,8-9H2,1-3H3,(H,16,18)(H,17,19). The van der Waals surface area contributed by atoms with E-state index in [4.69, 9.17) is 16.3 Å². The van der Waals surface area contributed by atoms with Crippen LogP contribution in [0.4, 0.5) is 0 Å². The summed E-state index contributed by atoms with van der Waals surface area (Å²) in [5, 5.41) is 0.428. The average molecular weight is 299 g/mol. The van der Waals surface area contributed by atoms with E-state index >= 15 is 0 Å². The van der Waals surface area contributed by atoms with E-state index in [0.717, 1.165) is 0 Å². The summed E-state index contributed by atoms with van der Waals surface area (Å²) in [5.41, 5.74) is 4.49. The summed E-state index contributed by atoms with van der Waals surface area (Å²) in [6.07, 6.45) is 0.318. The molecular formula is C14H19ClN2O3. The summed E-state index contributed by atoms with van der Waals surface area (Å²) in [5.74, 6) is -0.277. The summed E-state index contributed by atoms with van der Waals surface area (Å²) < 4.78 is 5.24. The molecule has 1 aromatic carbocycles. The zero-order chi connectivity index (χ0) is 15.2. The molecule has 5 nitrogen and oxygen atoms in total. The number of hydrazine groups is 1. The lowest BCUT2D eigenvalue weighted by Crippen LogP contribution is -2.44. The highest BCUT2D eigenvalue weighted by atomic mass is 35.5. The number of carbonyl (C=O) groups excluding carboxylic acids is 2. The van der Waals surface area contributed by atoms with Gasteiger partial charge in [-0.15, -0.1) is 0 Å². The van der Waals surface area contributed by atoms with Crippen LogP contribution in [0, 0.1) is 5.41 Å². The summed E-state index contributed by atoms with van der Waals surface area (Å²) in [4.78, 5) is 23.0. The van der Waals surface area contributed by atoms with Crippen LogP contribution >= 0.6 is 11.6 Å². The van der Waals surface area contributed by atoms with Crippen LogP contribution in [-0.2, 0) is 9.59 Å². The lowest BCUT2D eigenvalue weighted by atomic mass is 9.92. The van der Waals surface area contributed by atoms with Gasteiger partial charge in [0, 0.05) is 6.42 Å². The highest BCUT2D eigenvalue weighted by Gasteiger charge is 2.16. The summed E-state index contributed by atoms with van der Waals surface area (Å²) in [7, 11) is 0. The van der Waals surface area contributed by atoms with Gasteiger partial charge in [0.25, 0.3) is 5.91 Å². The quantitative estimate of drug-likeness (QED) is 0.838. The summed E-state index contributed by atoms with van der Waals surface area (Å²) in [6.45, 7) is 5.60. The molecule has 0 aliphatic heterocycles. The third-order valence-corrected chi connectivity index (χ3v) is 2.54. The van der Waals surface area contributed by atoms with Gasteiger partial charge in [-0.2, -0.15) is 0 Å². The Hall–Kier alpha value is -1.75. The third-order valence-electron chi connectivity index (χ3n) is 2.23. The van der Waals surface area contributed by atoms with Crippen molar-refractivity contribution in [1.29, 1.82) is 0 Å². The fourth-order valence-electron chi connectivity index (χ4n) is 1.41. The fraction of sp³-hybridized carbons (Fsp3) is 0.429. The Morgan fingerprint density at radius 2 is 1.75 bits per heavy atom. The van der Waals surface area contributed by atoms with Crippen LogP contribution in [-0.4, -0.2) is 18.4 Å². The number of para-hydroxylation sites is 1. The molecule has 0 spiro atoms. The number of rotatable bonds is 4. The second-order valence-corrected chi connectivity index (χ2v) is 5.96. The van der Waals surface area contributed by atoms with Crippen LogP contribution in [0.15, 0.2) is 24.3 Å². The molecule has 0 saturated heterocycles. The van der Waals surface area contributed by atoms with Gasteiger partial charge >= 0.3 is 0 Å². The van der Waals surface area contributed by atoms with E-state index in [1.54, 1.807) is 24.3 Å². The Labute approximate surface area is 123 Å².